The molecule has 0 radical (unpaired) electrons. The summed E-state index contributed by atoms with van der Waals surface area (Å²) in [6, 6.07) is 10.2. The predicted octanol–water partition coefficient (Wildman–Crippen LogP) is 4.76. The Kier molecular flexibility index (Phi) is 3.53. The number of halogens is 1. The second-order valence-corrected chi connectivity index (χ2v) is 6.19. The van der Waals surface area contributed by atoms with Crippen LogP contribution in [0.2, 0.25) is 4.34 Å². The van der Waals surface area contributed by atoms with Crippen molar-refractivity contribution in [3.05, 3.63) is 73.6 Å². The SMILES string of the molecule is C=C1OCC(c2ccc(Cl)s2)=C1c1ccc([N+](=O)[O-])cc1. The van der Waals surface area contributed by atoms with Crippen LogP contribution in [0, 0.1) is 10.1 Å². The molecular formula is C15H10ClNO3S. The Labute approximate surface area is 130 Å². The first-order valence-corrected chi connectivity index (χ1v) is 7.31. The maximum atomic E-state index is 10.7. The van der Waals surface area contributed by atoms with Gasteiger partial charge in [0.25, 0.3) is 5.69 Å². The number of nitro groups is 1. The van der Waals surface area contributed by atoms with Crippen molar-refractivity contribution in [2.45, 2.75) is 0 Å². The van der Waals surface area contributed by atoms with Gasteiger partial charge in [0.05, 0.1) is 9.26 Å². The van der Waals surface area contributed by atoms with Crippen molar-refractivity contribution < 1.29 is 9.66 Å². The molecule has 2 aromatic rings. The smallest absolute Gasteiger partial charge is 0.269 e. The predicted molar refractivity (Wildman–Crippen MR) is 84.3 cm³/mol. The van der Waals surface area contributed by atoms with Gasteiger partial charge in [-0.3, -0.25) is 10.1 Å². The second-order valence-electron chi connectivity index (χ2n) is 4.47. The van der Waals surface area contributed by atoms with Gasteiger partial charge >= 0.3 is 0 Å². The van der Waals surface area contributed by atoms with Crippen molar-refractivity contribution in [1.82, 2.24) is 0 Å². The fourth-order valence-corrected chi connectivity index (χ4v) is 3.31. The summed E-state index contributed by atoms with van der Waals surface area (Å²) in [6.45, 7) is 4.34. The van der Waals surface area contributed by atoms with E-state index < -0.39 is 4.92 Å². The van der Waals surface area contributed by atoms with E-state index in [4.69, 9.17) is 16.3 Å². The number of rotatable bonds is 3. The van der Waals surface area contributed by atoms with Gasteiger partial charge < -0.3 is 4.74 Å². The van der Waals surface area contributed by atoms with Gasteiger partial charge in [0.1, 0.15) is 12.4 Å². The summed E-state index contributed by atoms with van der Waals surface area (Å²) in [5.74, 6) is 0.573. The molecule has 0 N–H and O–H groups in total. The van der Waals surface area contributed by atoms with Crippen molar-refractivity contribution in [2.75, 3.05) is 6.61 Å². The summed E-state index contributed by atoms with van der Waals surface area (Å²) >= 11 is 7.45. The third kappa shape index (κ3) is 2.57. The molecule has 3 rings (SSSR count). The highest BCUT2D eigenvalue weighted by Crippen LogP contribution is 2.41. The molecule has 0 amide bonds. The Morgan fingerprint density at radius 2 is 1.95 bits per heavy atom. The highest BCUT2D eigenvalue weighted by molar-refractivity contribution is 7.17. The lowest BCUT2D eigenvalue weighted by Crippen LogP contribution is -1.90. The Morgan fingerprint density at radius 1 is 1.24 bits per heavy atom. The minimum absolute atomic E-state index is 0.0598. The van der Waals surface area contributed by atoms with Crippen LogP contribution < -0.4 is 0 Å². The number of hydrogen-bond acceptors (Lipinski definition) is 4. The van der Waals surface area contributed by atoms with Gasteiger partial charge in [-0.05, 0) is 29.8 Å². The number of non-ortho nitro benzene ring substituents is 1. The Hall–Kier alpha value is -2.11. The molecule has 4 nitrogen and oxygen atoms in total. The number of allylic oxidation sites excluding steroid dienone is 1. The van der Waals surface area contributed by atoms with E-state index in [0.717, 1.165) is 21.6 Å². The van der Waals surface area contributed by atoms with E-state index in [1.807, 2.05) is 12.1 Å². The molecule has 1 aliphatic rings. The quantitative estimate of drug-likeness (QED) is 0.605. The van der Waals surface area contributed by atoms with Crippen molar-refractivity contribution in [1.29, 1.82) is 0 Å². The maximum Gasteiger partial charge on any atom is 0.269 e. The van der Waals surface area contributed by atoms with Gasteiger partial charge in [-0.15, -0.1) is 11.3 Å². The largest absolute Gasteiger partial charge is 0.489 e. The van der Waals surface area contributed by atoms with E-state index in [1.54, 1.807) is 12.1 Å². The summed E-state index contributed by atoms with van der Waals surface area (Å²) < 4.78 is 6.24. The molecule has 6 heteroatoms. The monoisotopic (exact) mass is 319 g/mol. The molecule has 1 aromatic carbocycles. The molecule has 2 heterocycles. The lowest BCUT2D eigenvalue weighted by atomic mass is 9.99. The van der Waals surface area contributed by atoms with Crippen molar-refractivity contribution in [2.24, 2.45) is 0 Å². The molecule has 0 aliphatic carbocycles. The van der Waals surface area contributed by atoms with Gasteiger partial charge in [-0.25, -0.2) is 0 Å². The minimum atomic E-state index is -0.419. The zero-order valence-electron chi connectivity index (χ0n) is 10.8. The Balaban J connectivity index is 2.08. The molecule has 1 aromatic heterocycles. The first-order chi connectivity index (χ1) is 10.1. The molecule has 1 aliphatic heterocycles. The number of benzene rings is 1. The number of thiophene rings is 1. The summed E-state index contributed by atoms with van der Waals surface area (Å²) in [5.41, 5.74) is 2.79. The van der Waals surface area contributed by atoms with E-state index >= 15 is 0 Å². The molecule has 0 bridgehead atoms. The average molecular weight is 320 g/mol. The van der Waals surface area contributed by atoms with Crippen molar-refractivity contribution in [3.8, 4) is 0 Å². The van der Waals surface area contributed by atoms with Gasteiger partial charge in [0, 0.05) is 28.2 Å². The van der Waals surface area contributed by atoms with Crippen LogP contribution in [0.1, 0.15) is 10.4 Å². The van der Waals surface area contributed by atoms with Crippen LogP contribution in [0.15, 0.2) is 48.7 Å². The average Bonchev–Trinajstić information content (AvgIpc) is 3.05. The zero-order valence-corrected chi connectivity index (χ0v) is 12.4. The molecule has 21 heavy (non-hydrogen) atoms. The highest BCUT2D eigenvalue weighted by atomic mass is 35.5. The Bertz CT molecular complexity index is 761. The topological polar surface area (TPSA) is 52.4 Å². The number of nitrogens with zero attached hydrogens (tertiary/aromatic N) is 1. The molecule has 0 saturated carbocycles. The molecular weight excluding hydrogens is 310 g/mol. The van der Waals surface area contributed by atoms with Crippen LogP contribution in [0.25, 0.3) is 11.1 Å². The Morgan fingerprint density at radius 3 is 2.52 bits per heavy atom. The molecule has 0 atom stereocenters. The normalized spacial score (nSPS) is 14.4. The summed E-state index contributed by atoms with van der Waals surface area (Å²) in [7, 11) is 0. The first-order valence-electron chi connectivity index (χ1n) is 6.12. The first kappa shape index (κ1) is 13.9. The van der Waals surface area contributed by atoms with Crippen LogP contribution in [0.5, 0.6) is 0 Å². The third-order valence-corrected chi connectivity index (χ3v) is 4.50. The highest BCUT2D eigenvalue weighted by Gasteiger charge is 2.24. The van der Waals surface area contributed by atoms with Gasteiger partial charge in [-0.1, -0.05) is 18.2 Å². The van der Waals surface area contributed by atoms with E-state index in [-0.39, 0.29) is 5.69 Å². The number of ether oxygens (including phenoxy) is 1. The molecule has 106 valence electrons. The van der Waals surface area contributed by atoms with Gasteiger partial charge in [-0.2, -0.15) is 0 Å². The van der Waals surface area contributed by atoms with E-state index in [9.17, 15) is 10.1 Å². The maximum absolute atomic E-state index is 10.7. The van der Waals surface area contributed by atoms with E-state index in [1.165, 1.54) is 23.5 Å². The molecule has 0 unspecified atom stereocenters. The van der Waals surface area contributed by atoms with Crippen molar-refractivity contribution in [3.63, 3.8) is 0 Å². The van der Waals surface area contributed by atoms with Gasteiger partial charge in [0.15, 0.2) is 0 Å². The van der Waals surface area contributed by atoms with E-state index in [2.05, 4.69) is 6.58 Å². The molecule has 0 spiro atoms. The van der Waals surface area contributed by atoms with Crippen LogP contribution in [-0.4, -0.2) is 11.5 Å². The summed E-state index contributed by atoms with van der Waals surface area (Å²) in [6.07, 6.45) is 0. The third-order valence-electron chi connectivity index (χ3n) is 3.21. The minimum Gasteiger partial charge on any atom is -0.489 e. The standard InChI is InChI=1S/C15H10ClNO3S/c1-9-15(10-2-4-11(5-3-10)17(18)19)12(8-20-9)13-6-7-14(16)21-13/h2-7H,1,8H2. The van der Waals surface area contributed by atoms with E-state index in [0.29, 0.717) is 16.7 Å². The second kappa shape index (κ2) is 5.35. The fourth-order valence-electron chi connectivity index (χ4n) is 2.23. The fraction of sp³-hybridized carbons (Fsp3) is 0.0667. The zero-order chi connectivity index (χ0) is 15.0. The summed E-state index contributed by atoms with van der Waals surface area (Å²) in [4.78, 5) is 11.3. The van der Waals surface area contributed by atoms with Crippen molar-refractivity contribution >= 4 is 39.8 Å². The van der Waals surface area contributed by atoms with Crippen LogP contribution in [-0.2, 0) is 4.74 Å². The molecule has 0 fully saturated rings. The van der Waals surface area contributed by atoms with Gasteiger partial charge in [0.2, 0.25) is 0 Å². The lowest BCUT2D eigenvalue weighted by molar-refractivity contribution is -0.384. The summed E-state index contributed by atoms with van der Waals surface area (Å²) in [5, 5.41) is 10.7. The molecule has 0 saturated heterocycles. The van der Waals surface area contributed by atoms with Crippen LogP contribution in [0.4, 0.5) is 5.69 Å². The van der Waals surface area contributed by atoms with Crippen LogP contribution in [0.3, 0.4) is 0 Å². The lowest BCUT2D eigenvalue weighted by Gasteiger charge is -2.05. The van der Waals surface area contributed by atoms with Crippen LogP contribution >= 0.6 is 22.9 Å². The number of hydrogen-bond donors (Lipinski definition) is 0. The number of nitro benzene ring substituents is 1.